The van der Waals surface area contributed by atoms with Gasteiger partial charge >= 0.3 is 11.9 Å². The Morgan fingerprint density at radius 1 is 1.24 bits per heavy atom. The number of Topliss-reactive ketones (excluding diaryl/α,β-unsaturated/α-hetero) is 1. The lowest BCUT2D eigenvalue weighted by atomic mass is 9.57. The maximum absolute atomic E-state index is 12.6. The SMILES string of the molecule is CCOC(=O)[C@H]1[C@@H]2CC=C[C@](C)(C[C@H]1C(=O)OCC)C2=O. The van der Waals surface area contributed by atoms with Gasteiger partial charge in [0.2, 0.25) is 0 Å². The molecule has 0 aromatic rings. The first-order chi connectivity index (χ1) is 9.94. The molecular weight excluding hydrogens is 272 g/mol. The predicted octanol–water partition coefficient (Wildman–Crippen LogP) is 1.90. The minimum Gasteiger partial charge on any atom is -0.466 e. The van der Waals surface area contributed by atoms with E-state index in [4.69, 9.17) is 9.47 Å². The van der Waals surface area contributed by atoms with E-state index in [1.54, 1.807) is 13.8 Å². The molecule has 2 aliphatic carbocycles. The van der Waals surface area contributed by atoms with Crippen molar-refractivity contribution in [3.8, 4) is 0 Å². The summed E-state index contributed by atoms with van der Waals surface area (Å²) in [6.07, 6.45) is 4.58. The molecule has 1 saturated carbocycles. The summed E-state index contributed by atoms with van der Waals surface area (Å²) >= 11 is 0. The van der Waals surface area contributed by atoms with Crippen molar-refractivity contribution in [3.63, 3.8) is 0 Å². The second-order valence-corrected chi connectivity index (χ2v) is 5.87. The maximum atomic E-state index is 12.6. The van der Waals surface area contributed by atoms with Crippen LogP contribution in [0.4, 0.5) is 0 Å². The molecule has 0 aromatic carbocycles. The number of carbonyl (C=O) groups is 3. The zero-order valence-electron chi connectivity index (χ0n) is 12.8. The van der Waals surface area contributed by atoms with Crippen LogP contribution in [0.5, 0.6) is 0 Å². The minimum absolute atomic E-state index is 0.0311. The Morgan fingerprint density at radius 2 is 1.86 bits per heavy atom. The molecule has 1 fully saturated rings. The first-order valence-electron chi connectivity index (χ1n) is 7.50. The quantitative estimate of drug-likeness (QED) is 0.585. The van der Waals surface area contributed by atoms with Crippen LogP contribution in [0.1, 0.15) is 33.6 Å². The van der Waals surface area contributed by atoms with Crippen LogP contribution in [0.15, 0.2) is 12.2 Å². The largest absolute Gasteiger partial charge is 0.466 e. The molecule has 2 rings (SSSR count). The van der Waals surface area contributed by atoms with Gasteiger partial charge in [-0.05, 0) is 33.6 Å². The van der Waals surface area contributed by atoms with Crippen LogP contribution in [0, 0.1) is 23.2 Å². The van der Waals surface area contributed by atoms with Crippen LogP contribution in [-0.4, -0.2) is 30.9 Å². The van der Waals surface area contributed by atoms with Gasteiger partial charge in [-0.3, -0.25) is 14.4 Å². The Labute approximate surface area is 124 Å². The highest BCUT2D eigenvalue weighted by Crippen LogP contribution is 2.48. The van der Waals surface area contributed by atoms with E-state index in [2.05, 4.69) is 0 Å². The zero-order valence-corrected chi connectivity index (χ0v) is 12.8. The first kappa shape index (κ1) is 15.7. The van der Waals surface area contributed by atoms with Crippen molar-refractivity contribution < 1.29 is 23.9 Å². The summed E-state index contributed by atoms with van der Waals surface area (Å²) in [4.78, 5) is 37.1. The van der Waals surface area contributed by atoms with E-state index in [9.17, 15) is 14.4 Å². The van der Waals surface area contributed by atoms with Crippen LogP contribution < -0.4 is 0 Å². The van der Waals surface area contributed by atoms with Gasteiger partial charge in [-0.1, -0.05) is 12.2 Å². The van der Waals surface area contributed by atoms with Gasteiger partial charge in [0, 0.05) is 11.3 Å². The lowest BCUT2D eigenvalue weighted by Gasteiger charge is -2.44. The van der Waals surface area contributed by atoms with Crippen LogP contribution in [0.25, 0.3) is 0 Å². The molecule has 116 valence electrons. The molecule has 0 aromatic heterocycles. The molecule has 0 unspecified atom stereocenters. The van der Waals surface area contributed by atoms with Crippen molar-refractivity contribution in [3.05, 3.63) is 12.2 Å². The third-order valence-corrected chi connectivity index (χ3v) is 4.43. The number of ketones is 1. The van der Waals surface area contributed by atoms with Crippen molar-refractivity contribution in [2.75, 3.05) is 13.2 Å². The number of ether oxygens (including phenoxy) is 2. The Hall–Kier alpha value is -1.65. The number of hydrogen-bond acceptors (Lipinski definition) is 5. The molecule has 21 heavy (non-hydrogen) atoms. The highest BCUT2D eigenvalue weighted by atomic mass is 16.5. The molecular formula is C16H22O5. The number of hydrogen-bond donors (Lipinski definition) is 0. The van der Waals surface area contributed by atoms with Gasteiger partial charge in [0.25, 0.3) is 0 Å². The third kappa shape index (κ3) is 2.74. The van der Waals surface area contributed by atoms with Crippen molar-refractivity contribution in [1.29, 1.82) is 0 Å². The van der Waals surface area contributed by atoms with Gasteiger partial charge in [0.15, 0.2) is 0 Å². The van der Waals surface area contributed by atoms with Crippen molar-refractivity contribution in [2.45, 2.75) is 33.6 Å². The summed E-state index contributed by atoms with van der Waals surface area (Å²) < 4.78 is 10.2. The van der Waals surface area contributed by atoms with E-state index in [-0.39, 0.29) is 19.0 Å². The fourth-order valence-corrected chi connectivity index (χ4v) is 3.48. The van der Waals surface area contributed by atoms with Gasteiger partial charge in [-0.15, -0.1) is 0 Å². The average Bonchev–Trinajstić information content (AvgIpc) is 2.41. The number of carbonyl (C=O) groups excluding carboxylic acids is 3. The maximum Gasteiger partial charge on any atom is 0.310 e. The van der Waals surface area contributed by atoms with Gasteiger partial charge < -0.3 is 9.47 Å². The van der Waals surface area contributed by atoms with Crippen molar-refractivity contribution >= 4 is 17.7 Å². The smallest absolute Gasteiger partial charge is 0.310 e. The number of rotatable bonds is 4. The minimum atomic E-state index is -0.727. The van der Waals surface area contributed by atoms with Gasteiger partial charge in [-0.25, -0.2) is 0 Å². The Kier molecular flexibility index (Phi) is 4.49. The van der Waals surface area contributed by atoms with E-state index >= 15 is 0 Å². The van der Waals surface area contributed by atoms with E-state index in [1.807, 2.05) is 19.1 Å². The molecule has 2 bridgehead atoms. The molecule has 2 aliphatic rings. The van der Waals surface area contributed by atoms with E-state index < -0.39 is 35.1 Å². The number of esters is 2. The van der Waals surface area contributed by atoms with Crippen LogP contribution in [-0.2, 0) is 23.9 Å². The summed E-state index contributed by atoms with van der Waals surface area (Å²) in [5, 5.41) is 0. The molecule has 4 atom stereocenters. The van der Waals surface area contributed by atoms with Crippen LogP contribution >= 0.6 is 0 Å². The summed E-state index contributed by atoms with van der Waals surface area (Å²) in [6, 6.07) is 0. The van der Waals surface area contributed by atoms with E-state index in [0.29, 0.717) is 12.8 Å². The fourth-order valence-electron chi connectivity index (χ4n) is 3.48. The lowest BCUT2D eigenvalue weighted by molar-refractivity contribution is -0.171. The van der Waals surface area contributed by atoms with Crippen molar-refractivity contribution in [1.82, 2.24) is 0 Å². The standard InChI is InChI=1S/C16H22O5/c1-4-20-14(18)11-9-16(3)8-6-7-10(13(16)17)12(11)15(19)21-5-2/h6,8,10-12H,4-5,7,9H2,1-3H3/t10-,11+,12-,16+/m0/s1. The Bertz CT molecular complexity index is 481. The molecule has 0 heterocycles. The van der Waals surface area contributed by atoms with E-state index in [1.165, 1.54) is 0 Å². The van der Waals surface area contributed by atoms with Gasteiger partial charge in [-0.2, -0.15) is 0 Å². The first-order valence-corrected chi connectivity index (χ1v) is 7.50. The zero-order chi connectivity index (χ0) is 15.6. The van der Waals surface area contributed by atoms with Gasteiger partial charge in [0.1, 0.15) is 5.78 Å². The monoisotopic (exact) mass is 294 g/mol. The fraction of sp³-hybridized carbons (Fsp3) is 0.688. The predicted molar refractivity (Wildman–Crippen MR) is 75.2 cm³/mol. The molecule has 0 N–H and O–H groups in total. The third-order valence-electron chi connectivity index (χ3n) is 4.43. The van der Waals surface area contributed by atoms with Crippen molar-refractivity contribution in [2.24, 2.45) is 23.2 Å². The second-order valence-electron chi connectivity index (χ2n) is 5.87. The Morgan fingerprint density at radius 3 is 2.48 bits per heavy atom. The number of fused-ring (bicyclic) bond motifs is 2. The molecule has 0 aliphatic heterocycles. The summed E-state index contributed by atoms with van der Waals surface area (Å²) in [7, 11) is 0. The normalized spacial score (nSPS) is 34.4. The number of allylic oxidation sites excluding steroid dienone is 2. The molecule has 0 radical (unpaired) electrons. The lowest BCUT2D eigenvalue weighted by Crippen LogP contribution is -2.52. The highest BCUT2D eigenvalue weighted by Gasteiger charge is 2.55. The molecule has 0 amide bonds. The summed E-state index contributed by atoms with van der Waals surface area (Å²) in [5.74, 6) is -2.66. The van der Waals surface area contributed by atoms with Crippen LogP contribution in [0.3, 0.4) is 0 Å². The summed E-state index contributed by atoms with van der Waals surface area (Å²) in [5.41, 5.74) is -0.677. The molecule has 5 heteroatoms. The van der Waals surface area contributed by atoms with Gasteiger partial charge in [0.05, 0.1) is 25.0 Å². The average molecular weight is 294 g/mol. The van der Waals surface area contributed by atoms with E-state index in [0.717, 1.165) is 0 Å². The Balaban J connectivity index is 2.36. The summed E-state index contributed by atoms with van der Waals surface area (Å²) in [6.45, 7) is 5.76. The molecule has 0 spiro atoms. The van der Waals surface area contributed by atoms with Crippen LogP contribution in [0.2, 0.25) is 0 Å². The second kappa shape index (κ2) is 6.00. The highest BCUT2D eigenvalue weighted by molar-refractivity contribution is 5.97. The topological polar surface area (TPSA) is 69.7 Å². The molecule has 5 nitrogen and oxygen atoms in total. The molecule has 0 saturated heterocycles.